The van der Waals surface area contributed by atoms with Gasteiger partial charge in [0.15, 0.2) is 5.76 Å². The van der Waals surface area contributed by atoms with Gasteiger partial charge in [-0.3, -0.25) is 0 Å². The van der Waals surface area contributed by atoms with Gasteiger partial charge in [-0.05, 0) is 20.2 Å². The topological polar surface area (TPSA) is 93.1 Å². The molecule has 18 heavy (non-hydrogen) atoms. The lowest BCUT2D eigenvalue weighted by atomic mass is 10.3. The van der Waals surface area contributed by atoms with E-state index in [9.17, 15) is 0 Å². The third-order valence-corrected chi connectivity index (χ3v) is 2.18. The lowest BCUT2D eigenvalue weighted by molar-refractivity contribution is 0.351. The smallest absolute Gasteiger partial charge is 0.224 e. The Morgan fingerprint density at radius 3 is 3.00 bits per heavy atom. The molecule has 0 aliphatic rings. The number of hydrogen-bond acceptors (Lipinski definition) is 7. The molecular formula is C11H16N6O. The first-order valence-corrected chi connectivity index (χ1v) is 5.55. The van der Waals surface area contributed by atoms with E-state index in [-0.39, 0.29) is 0 Å². The molecule has 0 aliphatic carbocycles. The van der Waals surface area contributed by atoms with Crippen LogP contribution in [0, 0.1) is 0 Å². The molecule has 0 spiro atoms. The summed E-state index contributed by atoms with van der Waals surface area (Å²) in [7, 11) is 3.96. The SMILES string of the molecule is CN(C)Cc1cc(CNc2nccc(N)n2)on1. The fourth-order valence-electron chi connectivity index (χ4n) is 1.46. The summed E-state index contributed by atoms with van der Waals surface area (Å²) in [6.07, 6.45) is 1.60. The lowest BCUT2D eigenvalue weighted by Crippen LogP contribution is -2.10. The summed E-state index contributed by atoms with van der Waals surface area (Å²) in [5.41, 5.74) is 6.45. The molecule has 0 aliphatic heterocycles. The summed E-state index contributed by atoms with van der Waals surface area (Å²) in [6, 6.07) is 3.54. The van der Waals surface area contributed by atoms with Crippen molar-refractivity contribution in [1.29, 1.82) is 0 Å². The van der Waals surface area contributed by atoms with Crippen LogP contribution in [0.3, 0.4) is 0 Å². The number of anilines is 2. The second-order valence-corrected chi connectivity index (χ2v) is 4.18. The van der Waals surface area contributed by atoms with E-state index in [2.05, 4.69) is 20.4 Å². The highest BCUT2D eigenvalue weighted by Gasteiger charge is 2.05. The Labute approximate surface area is 105 Å². The van der Waals surface area contributed by atoms with E-state index in [0.717, 1.165) is 18.0 Å². The molecule has 0 atom stereocenters. The molecule has 3 N–H and O–H groups in total. The fraction of sp³-hybridized carbons (Fsp3) is 0.364. The van der Waals surface area contributed by atoms with Crippen LogP contribution in [0.25, 0.3) is 0 Å². The van der Waals surface area contributed by atoms with Gasteiger partial charge in [-0.1, -0.05) is 5.16 Å². The maximum Gasteiger partial charge on any atom is 0.224 e. The third-order valence-electron chi connectivity index (χ3n) is 2.18. The van der Waals surface area contributed by atoms with Gasteiger partial charge in [-0.25, -0.2) is 4.98 Å². The Hall–Kier alpha value is -2.15. The molecule has 2 aromatic rings. The van der Waals surface area contributed by atoms with E-state index in [1.807, 2.05) is 25.1 Å². The van der Waals surface area contributed by atoms with Crippen LogP contribution in [0.5, 0.6) is 0 Å². The predicted molar refractivity (Wildman–Crippen MR) is 67.7 cm³/mol. The minimum absolute atomic E-state index is 0.429. The van der Waals surface area contributed by atoms with Crippen LogP contribution in [0.15, 0.2) is 22.9 Å². The van der Waals surface area contributed by atoms with Crippen LogP contribution in [-0.2, 0) is 13.1 Å². The zero-order valence-electron chi connectivity index (χ0n) is 10.4. The van der Waals surface area contributed by atoms with Gasteiger partial charge in [0.25, 0.3) is 0 Å². The molecule has 2 rings (SSSR count). The minimum Gasteiger partial charge on any atom is -0.384 e. The van der Waals surface area contributed by atoms with Crippen molar-refractivity contribution in [3.63, 3.8) is 0 Å². The highest BCUT2D eigenvalue weighted by Crippen LogP contribution is 2.08. The van der Waals surface area contributed by atoms with Crippen LogP contribution in [0.2, 0.25) is 0 Å². The maximum absolute atomic E-state index is 5.55. The van der Waals surface area contributed by atoms with Gasteiger partial charge in [0.05, 0.1) is 12.2 Å². The zero-order valence-corrected chi connectivity index (χ0v) is 10.4. The summed E-state index contributed by atoms with van der Waals surface area (Å²) in [4.78, 5) is 10.1. The molecule has 7 heteroatoms. The van der Waals surface area contributed by atoms with E-state index in [0.29, 0.717) is 18.3 Å². The predicted octanol–water partition coefficient (Wildman–Crippen LogP) is 0.720. The zero-order chi connectivity index (χ0) is 13.0. The third kappa shape index (κ3) is 3.42. The van der Waals surface area contributed by atoms with E-state index in [4.69, 9.17) is 10.3 Å². The molecule has 0 saturated carbocycles. The molecule has 2 aromatic heterocycles. The first-order valence-electron chi connectivity index (χ1n) is 5.55. The number of nitrogens with one attached hydrogen (secondary N) is 1. The molecule has 0 fully saturated rings. The van der Waals surface area contributed by atoms with Crippen LogP contribution in [0.1, 0.15) is 11.5 Å². The Morgan fingerprint density at radius 1 is 1.44 bits per heavy atom. The number of nitrogens with zero attached hydrogens (tertiary/aromatic N) is 4. The molecule has 0 amide bonds. The highest BCUT2D eigenvalue weighted by molar-refractivity contribution is 5.35. The summed E-state index contributed by atoms with van der Waals surface area (Å²) in [5.74, 6) is 1.64. The quantitative estimate of drug-likeness (QED) is 0.805. The van der Waals surface area contributed by atoms with Gasteiger partial charge in [-0.2, -0.15) is 4.98 Å². The standard InChI is InChI=1S/C11H16N6O/c1-17(2)7-8-5-9(18-16-8)6-14-11-13-4-3-10(12)15-11/h3-5H,6-7H2,1-2H3,(H3,12,13,14,15). The normalized spacial score (nSPS) is 10.8. The molecule has 96 valence electrons. The van der Waals surface area contributed by atoms with E-state index in [1.165, 1.54) is 0 Å². The largest absolute Gasteiger partial charge is 0.384 e. The lowest BCUT2D eigenvalue weighted by Gasteiger charge is -2.04. The van der Waals surface area contributed by atoms with Crippen molar-refractivity contribution in [2.24, 2.45) is 0 Å². The van der Waals surface area contributed by atoms with Gasteiger partial charge >= 0.3 is 0 Å². The number of hydrogen-bond donors (Lipinski definition) is 2. The number of rotatable bonds is 5. The average molecular weight is 248 g/mol. The average Bonchev–Trinajstić information content (AvgIpc) is 2.73. The van der Waals surface area contributed by atoms with E-state index >= 15 is 0 Å². The van der Waals surface area contributed by atoms with E-state index in [1.54, 1.807) is 12.3 Å². The Bertz CT molecular complexity index is 510. The van der Waals surface area contributed by atoms with Gasteiger partial charge in [0, 0.05) is 18.8 Å². The molecule has 0 bridgehead atoms. The molecule has 2 heterocycles. The first kappa shape index (κ1) is 12.3. The van der Waals surface area contributed by atoms with Gasteiger partial charge in [-0.15, -0.1) is 0 Å². The maximum atomic E-state index is 5.55. The van der Waals surface area contributed by atoms with Gasteiger partial charge in [0.2, 0.25) is 5.95 Å². The molecule has 7 nitrogen and oxygen atoms in total. The summed E-state index contributed by atoms with van der Waals surface area (Å²) >= 11 is 0. The van der Waals surface area contributed by atoms with Crippen LogP contribution >= 0.6 is 0 Å². The summed E-state index contributed by atoms with van der Waals surface area (Å²) in [6.45, 7) is 1.22. The second-order valence-electron chi connectivity index (χ2n) is 4.18. The number of nitrogens with two attached hydrogens (primary N) is 1. The molecular weight excluding hydrogens is 232 g/mol. The van der Waals surface area contributed by atoms with E-state index < -0.39 is 0 Å². The minimum atomic E-state index is 0.429. The van der Waals surface area contributed by atoms with Crippen molar-refractivity contribution in [2.45, 2.75) is 13.1 Å². The summed E-state index contributed by atoms with van der Waals surface area (Å²) < 4.78 is 5.19. The monoisotopic (exact) mass is 248 g/mol. The molecule has 0 aromatic carbocycles. The van der Waals surface area contributed by atoms with Crippen LogP contribution < -0.4 is 11.1 Å². The van der Waals surface area contributed by atoms with Crippen LogP contribution in [-0.4, -0.2) is 34.1 Å². The van der Waals surface area contributed by atoms with Crippen molar-refractivity contribution in [1.82, 2.24) is 20.0 Å². The Kier molecular flexibility index (Phi) is 3.73. The first-order chi connectivity index (χ1) is 8.63. The van der Waals surface area contributed by atoms with Crippen molar-refractivity contribution in [3.8, 4) is 0 Å². The highest BCUT2D eigenvalue weighted by atomic mass is 16.5. The van der Waals surface area contributed by atoms with Crippen molar-refractivity contribution < 1.29 is 4.52 Å². The summed E-state index contributed by atoms with van der Waals surface area (Å²) in [5, 5.41) is 6.98. The molecule has 0 unspecified atom stereocenters. The molecule has 0 radical (unpaired) electrons. The Balaban J connectivity index is 1.92. The van der Waals surface area contributed by atoms with Gasteiger partial charge < -0.3 is 20.5 Å². The second kappa shape index (κ2) is 5.46. The fourth-order valence-corrected chi connectivity index (χ4v) is 1.46. The van der Waals surface area contributed by atoms with Crippen molar-refractivity contribution in [2.75, 3.05) is 25.1 Å². The number of aromatic nitrogens is 3. The van der Waals surface area contributed by atoms with Gasteiger partial charge in [0.1, 0.15) is 5.82 Å². The van der Waals surface area contributed by atoms with Crippen molar-refractivity contribution >= 4 is 11.8 Å². The Morgan fingerprint density at radius 2 is 2.28 bits per heavy atom. The number of nitrogen functional groups attached to an aromatic ring is 1. The van der Waals surface area contributed by atoms with Crippen molar-refractivity contribution in [3.05, 3.63) is 29.8 Å². The van der Waals surface area contributed by atoms with Crippen LogP contribution in [0.4, 0.5) is 11.8 Å². The molecule has 0 saturated heterocycles.